The Balaban J connectivity index is 4.11. The van der Waals surface area contributed by atoms with Crippen molar-refractivity contribution in [3.05, 3.63) is 0 Å². The van der Waals surface area contributed by atoms with Gasteiger partial charge in [0, 0.05) is 6.91 Å². The summed E-state index contributed by atoms with van der Waals surface area (Å²) < 4.78 is 7.08. The molecule has 3 N–H and O–H groups in total. The fourth-order valence-corrected chi connectivity index (χ4v) is 0.657. The van der Waals surface area contributed by atoms with E-state index in [9.17, 15) is 4.79 Å². The molecule has 0 radical (unpaired) electrons. The van der Waals surface area contributed by atoms with Crippen molar-refractivity contribution in [1.82, 2.24) is 5.32 Å². The molecule has 0 aliphatic rings. The van der Waals surface area contributed by atoms with Crippen molar-refractivity contribution in [3.8, 4) is 0 Å². The average molecular weight is 162 g/mol. The third-order valence-corrected chi connectivity index (χ3v) is 1.05. The van der Waals surface area contributed by atoms with E-state index < -0.39 is 24.2 Å². The van der Waals surface area contributed by atoms with E-state index in [1.54, 1.807) is 13.8 Å². The molecule has 0 spiro atoms. The summed E-state index contributed by atoms with van der Waals surface area (Å²) in [6.07, 6.45) is 0. The number of rotatable bonds is 3. The van der Waals surface area contributed by atoms with Crippen molar-refractivity contribution in [2.45, 2.75) is 32.3 Å². The minimum Gasteiger partial charge on any atom is -0.480 e. The molecule has 0 rings (SSSR count). The predicted molar refractivity (Wildman–Crippen MR) is 41.4 cm³/mol. The molecule has 0 bridgehead atoms. The van der Waals surface area contributed by atoms with Gasteiger partial charge in [0.15, 0.2) is 0 Å². The first-order valence-electron chi connectivity index (χ1n) is 4.04. The van der Waals surface area contributed by atoms with Gasteiger partial charge in [0.25, 0.3) is 0 Å². The molecule has 0 fully saturated rings. The second-order valence-corrected chi connectivity index (χ2v) is 3.10. The number of carboxylic acid groups (broad SMARTS) is 1. The van der Waals surface area contributed by atoms with Gasteiger partial charge in [-0.3, -0.25) is 10.1 Å². The monoisotopic (exact) mass is 162 g/mol. The third-order valence-electron chi connectivity index (χ3n) is 1.05. The number of aliphatic carboxylic acids is 1. The standard InChI is InChI=1S/C7H15NO3/c1-7(2,3)8-5(4-9)6(10)11/h5,8-9H,4H2,1-3H3,(H,10,11)/t5-/m0/s1/i1D. The lowest BCUT2D eigenvalue weighted by Gasteiger charge is -2.24. The van der Waals surface area contributed by atoms with Gasteiger partial charge in [0.05, 0.1) is 6.61 Å². The molecule has 0 saturated heterocycles. The van der Waals surface area contributed by atoms with Crippen LogP contribution < -0.4 is 5.32 Å². The number of carboxylic acids is 1. The Hall–Kier alpha value is -0.610. The zero-order valence-electron chi connectivity index (χ0n) is 7.79. The molecular weight excluding hydrogens is 146 g/mol. The van der Waals surface area contributed by atoms with E-state index in [1.807, 2.05) is 0 Å². The number of nitrogens with one attached hydrogen (secondary N) is 1. The first-order chi connectivity index (χ1) is 5.43. The summed E-state index contributed by atoms with van der Waals surface area (Å²) in [5, 5.41) is 19.9. The highest BCUT2D eigenvalue weighted by atomic mass is 16.4. The summed E-state index contributed by atoms with van der Waals surface area (Å²) in [6, 6.07) is -0.981. The maximum Gasteiger partial charge on any atom is 0.323 e. The Bertz CT molecular complexity index is 161. The van der Waals surface area contributed by atoms with E-state index in [-0.39, 0.29) is 6.90 Å². The first kappa shape index (κ1) is 8.49. The molecule has 4 nitrogen and oxygen atoms in total. The number of aliphatic hydroxyl groups is 1. The number of hydrogen-bond acceptors (Lipinski definition) is 3. The molecule has 0 unspecified atom stereocenters. The largest absolute Gasteiger partial charge is 0.480 e. The van der Waals surface area contributed by atoms with Crippen LogP contribution in [0.1, 0.15) is 22.1 Å². The first-order valence-corrected chi connectivity index (χ1v) is 3.33. The van der Waals surface area contributed by atoms with E-state index in [4.69, 9.17) is 11.6 Å². The van der Waals surface area contributed by atoms with Gasteiger partial charge in [-0.05, 0) is 20.7 Å². The van der Waals surface area contributed by atoms with Crippen LogP contribution in [0.3, 0.4) is 0 Å². The molecule has 11 heavy (non-hydrogen) atoms. The van der Waals surface area contributed by atoms with Crippen LogP contribution >= 0.6 is 0 Å². The van der Waals surface area contributed by atoms with Crippen molar-refractivity contribution in [2.24, 2.45) is 0 Å². The highest BCUT2D eigenvalue weighted by Gasteiger charge is 2.21. The summed E-state index contributed by atoms with van der Waals surface area (Å²) in [7, 11) is 0. The van der Waals surface area contributed by atoms with Crippen molar-refractivity contribution >= 4 is 5.97 Å². The molecule has 0 aromatic rings. The van der Waals surface area contributed by atoms with E-state index in [0.29, 0.717) is 0 Å². The van der Waals surface area contributed by atoms with Crippen molar-refractivity contribution in [3.63, 3.8) is 0 Å². The smallest absolute Gasteiger partial charge is 0.323 e. The minimum absolute atomic E-state index is 0.0663. The van der Waals surface area contributed by atoms with Gasteiger partial charge >= 0.3 is 5.97 Å². The fraction of sp³-hybridized carbons (Fsp3) is 0.857. The summed E-state index contributed by atoms with van der Waals surface area (Å²) in [4.78, 5) is 10.4. The Morgan fingerprint density at radius 2 is 2.36 bits per heavy atom. The van der Waals surface area contributed by atoms with Crippen LogP contribution in [0.2, 0.25) is 0 Å². The van der Waals surface area contributed by atoms with Gasteiger partial charge in [-0.15, -0.1) is 0 Å². The Morgan fingerprint density at radius 3 is 2.64 bits per heavy atom. The highest BCUT2D eigenvalue weighted by molar-refractivity contribution is 5.73. The highest BCUT2D eigenvalue weighted by Crippen LogP contribution is 2.00. The molecule has 0 aromatic heterocycles. The van der Waals surface area contributed by atoms with Crippen LogP contribution in [0.5, 0.6) is 0 Å². The molecule has 0 amide bonds. The van der Waals surface area contributed by atoms with E-state index in [1.165, 1.54) is 0 Å². The number of aliphatic hydroxyl groups excluding tert-OH is 1. The lowest BCUT2D eigenvalue weighted by molar-refractivity contribution is -0.141. The molecule has 0 heterocycles. The van der Waals surface area contributed by atoms with Gasteiger partial charge < -0.3 is 10.2 Å². The third kappa shape index (κ3) is 4.75. The van der Waals surface area contributed by atoms with Gasteiger partial charge in [0.2, 0.25) is 0 Å². The average Bonchev–Trinajstić information content (AvgIpc) is 2.00. The zero-order chi connectivity index (χ0) is 9.78. The lowest BCUT2D eigenvalue weighted by atomic mass is 10.1. The molecule has 0 aliphatic carbocycles. The van der Waals surface area contributed by atoms with E-state index in [2.05, 4.69) is 5.32 Å². The number of carbonyl (C=O) groups is 1. The van der Waals surface area contributed by atoms with Crippen molar-refractivity contribution in [2.75, 3.05) is 6.61 Å². The van der Waals surface area contributed by atoms with Gasteiger partial charge in [-0.1, -0.05) is 0 Å². The second kappa shape index (κ2) is 3.69. The SMILES string of the molecule is [2H]CC(C)(C)N[C@@H](CO)C(=O)O. The predicted octanol–water partition coefficient (Wildman–Crippen LogP) is -0.180. The summed E-state index contributed by atoms with van der Waals surface area (Å²) in [5.41, 5.74) is -0.578. The molecule has 66 valence electrons. The molecule has 0 aromatic carbocycles. The zero-order valence-corrected chi connectivity index (χ0v) is 6.79. The van der Waals surface area contributed by atoms with Crippen LogP contribution in [0.4, 0.5) is 0 Å². The molecule has 1 atom stereocenters. The summed E-state index contributed by atoms with van der Waals surface area (Å²) in [6.45, 7) is 3.03. The Labute approximate surface area is 67.6 Å². The van der Waals surface area contributed by atoms with Crippen LogP contribution in [-0.4, -0.2) is 34.4 Å². The van der Waals surface area contributed by atoms with Gasteiger partial charge in [0.1, 0.15) is 6.04 Å². The Kier molecular flexibility index (Phi) is 2.84. The van der Waals surface area contributed by atoms with Crippen LogP contribution in [0.25, 0.3) is 0 Å². The van der Waals surface area contributed by atoms with Crippen LogP contribution in [0, 0.1) is 0 Å². The van der Waals surface area contributed by atoms with E-state index in [0.717, 1.165) is 0 Å². The van der Waals surface area contributed by atoms with Crippen molar-refractivity contribution in [1.29, 1.82) is 0 Å². The van der Waals surface area contributed by atoms with Gasteiger partial charge in [-0.25, -0.2) is 0 Å². The second-order valence-electron chi connectivity index (χ2n) is 3.10. The van der Waals surface area contributed by atoms with Gasteiger partial charge in [-0.2, -0.15) is 0 Å². The minimum atomic E-state index is -1.10. The molecule has 0 saturated carbocycles. The van der Waals surface area contributed by atoms with Crippen molar-refractivity contribution < 1.29 is 16.4 Å². The molecule has 4 heteroatoms. The normalized spacial score (nSPS) is 15.7. The maximum atomic E-state index is 10.4. The molecular formula is C7H15NO3. The molecule has 0 aliphatic heterocycles. The maximum absolute atomic E-state index is 10.4. The Morgan fingerprint density at radius 1 is 1.82 bits per heavy atom. The fourth-order valence-electron chi connectivity index (χ4n) is 0.657. The van der Waals surface area contributed by atoms with Crippen LogP contribution in [-0.2, 0) is 4.79 Å². The summed E-state index contributed by atoms with van der Waals surface area (Å²) in [5.74, 6) is -1.10. The van der Waals surface area contributed by atoms with Crippen LogP contribution in [0.15, 0.2) is 0 Å². The topological polar surface area (TPSA) is 69.6 Å². The summed E-state index contributed by atoms with van der Waals surface area (Å²) >= 11 is 0. The quantitative estimate of drug-likeness (QED) is 0.538. The van der Waals surface area contributed by atoms with E-state index >= 15 is 0 Å². The lowest BCUT2D eigenvalue weighted by Crippen LogP contribution is -2.49. The number of hydrogen-bond donors (Lipinski definition) is 3.